The van der Waals surface area contributed by atoms with Crippen molar-refractivity contribution >= 4 is 30.1 Å². The third-order valence-electron chi connectivity index (χ3n) is 4.27. The summed E-state index contributed by atoms with van der Waals surface area (Å²) in [5.41, 5.74) is 5.51. The molecule has 0 aliphatic carbocycles. The molecule has 0 spiro atoms. The van der Waals surface area contributed by atoms with E-state index in [1.165, 1.54) is 12.1 Å². The summed E-state index contributed by atoms with van der Waals surface area (Å²) in [7, 11) is 1.95. The van der Waals surface area contributed by atoms with Crippen LogP contribution in [-0.4, -0.2) is 77.0 Å². The lowest BCUT2D eigenvalue weighted by Gasteiger charge is -2.34. The number of nitrogens with two attached hydrogens (primary N) is 1. The molecule has 1 aliphatic rings. The number of aromatic hydroxyl groups is 2. The standard InChI is InChI=1S/C17H24N4O5.ClH/c1-20-4-6-21(7-5-20)17(26)13(10-15(18)24)19-16(25)8-11-2-3-12(22)9-14(11)23;/h2-3,9,13,22-23H,4-8,10H2,1H3,(H2,18,24)(H,19,25);1H/t13-;/m0./s1. The number of rotatable bonds is 6. The van der Waals surface area contributed by atoms with E-state index in [1.807, 2.05) is 7.05 Å². The Bertz CT molecular complexity index is 692. The number of benzene rings is 1. The molecule has 1 atom stereocenters. The van der Waals surface area contributed by atoms with E-state index in [-0.39, 0.29) is 42.7 Å². The van der Waals surface area contributed by atoms with Crippen LogP contribution in [0.15, 0.2) is 18.2 Å². The molecule has 9 nitrogen and oxygen atoms in total. The SMILES string of the molecule is CN1CCN(C(=O)[C@H](CC(N)=O)NC(=O)Cc2ccc(O)cc2O)CC1.Cl. The van der Waals surface area contributed by atoms with Gasteiger partial charge in [-0.25, -0.2) is 0 Å². The van der Waals surface area contributed by atoms with Crippen LogP contribution in [0.5, 0.6) is 11.5 Å². The van der Waals surface area contributed by atoms with Gasteiger partial charge in [0.05, 0.1) is 12.8 Å². The number of hydrogen-bond acceptors (Lipinski definition) is 6. The first-order valence-corrected chi connectivity index (χ1v) is 8.32. The smallest absolute Gasteiger partial charge is 0.245 e. The summed E-state index contributed by atoms with van der Waals surface area (Å²) >= 11 is 0. The van der Waals surface area contributed by atoms with Crippen molar-refractivity contribution in [3.63, 3.8) is 0 Å². The van der Waals surface area contributed by atoms with Gasteiger partial charge in [-0.2, -0.15) is 0 Å². The fourth-order valence-corrected chi connectivity index (χ4v) is 2.77. The largest absolute Gasteiger partial charge is 0.508 e. The number of nitrogens with zero attached hydrogens (tertiary/aromatic N) is 2. The fourth-order valence-electron chi connectivity index (χ4n) is 2.77. The van der Waals surface area contributed by atoms with E-state index in [2.05, 4.69) is 10.2 Å². The minimum absolute atomic E-state index is 0. The molecule has 0 radical (unpaired) electrons. The van der Waals surface area contributed by atoms with Crippen molar-refractivity contribution in [2.45, 2.75) is 18.9 Å². The van der Waals surface area contributed by atoms with Crippen LogP contribution in [0, 0.1) is 0 Å². The normalized spacial score (nSPS) is 15.5. The summed E-state index contributed by atoms with van der Waals surface area (Å²) in [4.78, 5) is 39.9. The number of amides is 3. The van der Waals surface area contributed by atoms with Gasteiger partial charge in [0.1, 0.15) is 17.5 Å². The van der Waals surface area contributed by atoms with Gasteiger partial charge in [0.2, 0.25) is 17.7 Å². The number of carbonyl (C=O) groups is 3. The molecular weight excluding hydrogens is 376 g/mol. The highest BCUT2D eigenvalue weighted by molar-refractivity contribution is 5.92. The fraction of sp³-hybridized carbons (Fsp3) is 0.471. The predicted molar refractivity (Wildman–Crippen MR) is 101 cm³/mol. The average Bonchev–Trinajstić information content (AvgIpc) is 2.56. The Hall–Kier alpha value is -2.52. The van der Waals surface area contributed by atoms with Gasteiger partial charge >= 0.3 is 0 Å². The number of carbonyl (C=O) groups excluding carboxylic acids is 3. The van der Waals surface area contributed by atoms with Crippen molar-refractivity contribution in [2.24, 2.45) is 5.73 Å². The van der Waals surface area contributed by atoms with E-state index in [4.69, 9.17) is 5.73 Å². The lowest BCUT2D eigenvalue weighted by molar-refractivity contribution is -0.139. The van der Waals surface area contributed by atoms with Crippen LogP contribution < -0.4 is 11.1 Å². The van der Waals surface area contributed by atoms with E-state index >= 15 is 0 Å². The zero-order valence-corrected chi connectivity index (χ0v) is 15.9. The number of hydrogen-bond donors (Lipinski definition) is 4. The molecule has 0 unspecified atom stereocenters. The van der Waals surface area contributed by atoms with Crippen molar-refractivity contribution in [1.29, 1.82) is 0 Å². The molecule has 1 aliphatic heterocycles. The first-order chi connectivity index (χ1) is 12.3. The van der Waals surface area contributed by atoms with Gasteiger partial charge < -0.3 is 31.1 Å². The lowest BCUT2D eigenvalue weighted by atomic mass is 10.1. The van der Waals surface area contributed by atoms with Crippen LogP contribution in [0.2, 0.25) is 0 Å². The summed E-state index contributed by atoms with van der Waals surface area (Å²) in [6.07, 6.45) is -0.490. The third-order valence-corrected chi connectivity index (χ3v) is 4.27. The van der Waals surface area contributed by atoms with Crippen molar-refractivity contribution in [1.82, 2.24) is 15.1 Å². The van der Waals surface area contributed by atoms with Crippen LogP contribution in [0.3, 0.4) is 0 Å². The van der Waals surface area contributed by atoms with Crippen molar-refractivity contribution in [3.05, 3.63) is 23.8 Å². The number of nitrogens with one attached hydrogen (secondary N) is 1. The molecule has 3 amide bonds. The van der Waals surface area contributed by atoms with Gasteiger partial charge in [-0.05, 0) is 13.1 Å². The summed E-state index contributed by atoms with van der Waals surface area (Å²) in [5.74, 6) is -1.91. The van der Waals surface area contributed by atoms with Crippen LogP contribution >= 0.6 is 12.4 Å². The second-order valence-electron chi connectivity index (χ2n) is 6.41. The number of halogens is 1. The Morgan fingerprint density at radius 2 is 1.81 bits per heavy atom. The molecule has 0 bridgehead atoms. The van der Waals surface area contributed by atoms with Crippen LogP contribution in [-0.2, 0) is 20.8 Å². The molecule has 27 heavy (non-hydrogen) atoms. The quantitative estimate of drug-likeness (QED) is 0.493. The Morgan fingerprint density at radius 1 is 1.19 bits per heavy atom. The molecule has 1 aromatic carbocycles. The second-order valence-corrected chi connectivity index (χ2v) is 6.41. The molecule has 0 aromatic heterocycles. The molecule has 5 N–H and O–H groups in total. The summed E-state index contributed by atoms with van der Waals surface area (Å²) in [6, 6.07) is 2.84. The third kappa shape index (κ3) is 6.61. The zero-order chi connectivity index (χ0) is 19.3. The maximum atomic E-state index is 12.6. The van der Waals surface area contributed by atoms with Gasteiger partial charge in [0.25, 0.3) is 0 Å². The highest BCUT2D eigenvalue weighted by Gasteiger charge is 2.29. The molecule has 1 heterocycles. The van der Waals surface area contributed by atoms with E-state index in [0.717, 1.165) is 6.07 Å². The van der Waals surface area contributed by atoms with Crippen molar-refractivity contribution < 1.29 is 24.6 Å². The topological polar surface area (TPSA) is 136 Å². The van der Waals surface area contributed by atoms with E-state index in [0.29, 0.717) is 31.7 Å². The van der Waals surface area contributed by atoms with E-state index in [1.54, 1.807) is 4.90 Å². The molecule has 2 rings (SSSR count). The van der Waals surface area contributed by atoms with Gasteiger partial charge in [-0.15, -0.1) is 12.4 Å². The maximum Gasteiger partial charge on any atom is 0.245 e. The van der Waals surface area contributed by atoms with E-state index in [9.17, 15) is 24.6 Å². The predicted octanol–water partition coefficient (Wildman–Crippen LogP) is -0.804. The highest BCUT2D eigenvalue weighted by Crippen LogP contribution is 2.22. The van der Waals surface area contributed by atoms with Gasteiger partial charge in [-0.3, -0.25) is 14.4 Å². The zero-order valence-electron chi connectivity index (χ0n) is 15.1. The van der Waals surface area contributed by atoms with Crippen molar-refractivity contribution in [3.8, 4) is 11.5 Å². The molecule has 0 saturated carbocycles. The van der Waals surface area contributed by atoms with Gasteiger partial charge in [0, 0.05) is 37.8 Å². The van der Waals surface area contributed by atoms with E-state index < -0.39 is 17.9 Å². The number of phenolic OH excluding ortho intramolecular Hbond substituents is 2. The number of piperazine rings is 1. The number of likely N-dealkylation sites (N-methyl/N-ethyl adjacent to an activating group) is 1. The highest BCUT2D eigenvalue weighted by atomic mass is 35.5. The molecule has 10 heteroatoms. The van der Waals surface area contributed by atoms with Gasteiger partial charge in [0.15, 0.2) is 0 Å². The maximum absolute atomic E-state index is 12.6. The number of phenols is 2. The second kappa shape index (κ2) is 9.98. The minimum atomic E-state index is -1.04. The molecule has 150 valence electrons. The molecule has 1 saturated heterocycles. The summed E-state index contributed by atoms with van der Waals surface area (Å²) < 4.78 is 0. The average molecular weight is 401 g/mol. The Balaban J connectivity index is 0.00000364. The first-order valence-electron chi connectivity index (χ1n) is 8.32. The van der Waals surface area contributed by atoms with Crippen LogP contribution in [0.4, 0.5) is 0 Å². The van der Waals surface area contributed by atoms with Crippen LogP contribution in [0.1, 0.15) is 12.0 Å². The molecular formula is C17H25ClN4O5. The molecule has 1 aromatic rings. The summed E-state index contributed by atoms with van der Waals surface area (Å²) in [6.45, 7) is 2.45. The monoisotopic (exact) mass is 400 g/mol. The molecule has 1 fully saturated rings. The Kier molecular flexibility index (Phi) is 8.32. The lowest BCUT2D eigenvalue weighted by Crippen LogP contribution is -2.55. The summed E-state index contributed by atoms with van der Waals surface area (Å²) in [5, 5.41) is 21.6. The van der Waals surface area contributed by atoms with Crippen molar-refractivity contribution in [2.75, 3.05) is 33.2 Å². The minimum Gasteiger partial charge on any atom is -0.508 e. The Labute approximate surface area is 163 Å². The van der Waals surface area contributed by atoms with Crippen LogP contribution in [0.25, 0.3) is 0 Å². The number of primary amides is 1. The Morgan fingerprint density at radius 3 is 2.37 bits per heavy atom. The van der Waals surface area contributed by atoms with Gasteiger partial charge in [-0.1, -0.05) is 6.07 Å². The first kappa shape index (κ1) is 22.5.